The number of hydrogen-bond acceptors (Lipinski definition) is 2. The summed E-state index contributed by atoms with van der Waals surface area (Å²) in [6, 6.07) is 14.8. The quantitative estimate of drug-likeness (QED) is 0.920. The molecule has 1 aliphatic rings. The average Bonchev–Trinajstić information content (AvgIpc) is 3.08. The molecule has 0 aliphatic carbocycles. The lowest BCUT2D eigenvalue weighted by atomic mass is 10.0. The molecule has 4 heteroatoms. The van der Waals surface area contributed by atoms with E-state index in [9.17, 15) is 4.79 Å². The van der Waals surface area contributed by atoms with Gasteiger partial charge in [0, 0.05) is 31.5 Å². The fraction of sp³-hybridized carbons (Fsp3) is 0.368. The first kappa shape index (κ1) is 15.5. The molecular formula is C19H23N3O. The zero-order valence-corrected chi connectivity index (χ0v) is 13.3. The summed E-state index contributed by atoms with van der Waals surface area (Å²) in [5.74, 6) is 0. The summed E-state index contributed by atoms with van der Waals surface area (Å²) in [7, 11) is 0. The number of rotatable bonds is 5. The van der Waals surface area contributed by atoms with E-state index in [1.807, 2.05) is 23.1 Å². The molecule has 2 amide bonds. The molecule has 1 atom stereocenters. The molecule has 1 N–H and O–H groups in total. The smallest absolute Gasteiger partial charge is 0.317 e. The Hall–Kier alpha value is -2.36. The lowest BCUT2D eigenvalue weighted by Gasteiger charge is -2.25. The number of benzene rings is 1. The highest BCUT2D eigenvalue weighted by molar-refractivity contribution is 5.74. The van der Waals surface area contributed by atoms with E-state index in [2.05, 4.69) is 34.6 Å². The monoisotopic (exact) mass is 309 g/mol. The van der Waals surface area contributed by atoms with Crippen molar-refractivity contribution in [2.45, 2.75) is 38.3 Å². The topological polar surface area (TPSA) is 45.2 Å². The third kappa shape index (κ3) is 4.31. The number of aryl methyl sites for hydroxylation is 1. The fourth-order valence-corrected chi connectivity index (χ4v) is 3.16. The fourth-order valence-electron chi connectivity index (χ4n) is 3.16. The molecule has 0 unspecified atom stereocenters. The first-order chi connectivity index (χ1) is 11.3. The Morgan fingerprint density at radius 1 is 1.17 bits per heavy atom. The molecule has 0 bridgehead atoms. The van der Waals surface area contributed by atoms with E-state index in [1.165, 1.54) is 5.56 Å². The number of amides is 2. The van der Waals surface area contributed by atoms with E-state index in [-0.39, 0.29) is 6.03 Å². The van der Waals surface area contributed by atoms with Crippen LogP contribution in [0.4, 0.5) is 4.79 Å². The zero-order chi connectivity index (χ0) is 15.9. The number of nitrogens with one attached hydrogen (secondary N) is 1. The van der Waals surface area contributed by atoms with Crippen molar-refractivity contribution < 1.29 is 4.79 Å². The highest BCUT2D eigenvalue weighted by Crippen LogP contribution is 2.22. The van der Waals surface area contributed by atoms with Crippen molar-refractivity contribution in [2.24, 2.45) is 0 Å². The Morgan fingerprint density at radius 3 is 2.78 bits per heavy atom. The second-order valence-corrected chi connectivity index (χ2v) is 6.03. The van der Waals surface area contributed by atoms with E-state index >= 15 is 0 Å². The van der Waals surface area contributed by atoms with Gasteiger partial charge >= 0.3 is 6.03 Å². The molecule has 0 spiro atoms. The summed E-state index contributed by atoms with van der Waals surface area (Å²) in [6.45, 7) is 1.40. The molecule has 1 saturated heterocycles. The molecule has 1 fully saturated rings. The molecule has 0 saturated carbocycles. The second kappa shape index (κ2) is 7.77. The van der Waals surface area contributed by atoms with Crippen molar-refractivity contribution in [3.63, 3.8) is 0 Å². The number of likely N-dealkylation sites (tertiary alicyclic amines) is 1. The summed E-state index contributed by atoms with van der Waals surface area (Å²) < 4.78 is 0. The Morgan fingerprint density at radius 2 is 2.00 bits per heavy atom. The SMILES string of the molecule is O=C(NCc1cccnc1)N1CCC[C@@H]1CCc1ccccc1. The summed E-state index contributed by atoms with van der Waals surface area (Å²) in [5.41, 5.74) is 2.37. The van der Waals surface area contributed by atoms with Crippen LogP contribution in [0.15, 0.2) is 54.9 Å². The third-order valence-electron chi connectivity index (χ3n) is 4.41. The lowest BCUT2D eigenvalue weighted by Crippen LogP contribution is -2.42. The van der Waals surface area contributed by atoms with Crippen LogP contribution >= 0.6 is 0 Å². The summed E-state index contributed by atoms with van der Waals surface area (Å²) in [5, 5.41) is 3.02. The Bertz CT molecular complexity index is 615. The Kier molecular flexibility index (Phi) is 5.25. The summed E-state index contributed by atoms with van der Waals surface area (Å²) >= 11 is 0. The van der Waals surface area contributed by atoms with Crippen LogP contribution in [0.1, 0.15) is 30.4 Å². The number of hydrogen-bond donors (Lipinski definition) is 1. The molecule has 1 aromatic heterocycles. The first-order valence-electron chi connectivity index (χ1n) is 8.30. The minimum absolute atomic E-state index is 0.0458. The molecule has 23 heavy (non-hydrogen) atoms. The van der Waals surface area contributed by atoms with E-state index in [4.69, 9.17) is 0 Å². The van der Waals surface area contributed by atoms with Gasteiger partial charge in [-0.3, -0.25) is 4.98 Å². The lowest BCUT2D eigenvalue weighted by molar-refractivity contribution is 0.189. The van der Waals surface area contributed by atoms with Gasteiger partial charge in [-0.05, 0) is 42.9 Å². The van der Waals surface area contributed by atoms with Crippen molar-refractivity contribution in [3.05, 3.63) is 66.0 Å². The maximum Gasteiger partial charge on any atom is 0.317 e. The molecule has 2 heterocycles. The molecule has 120 valence electrons. The van der Waals surface area contributed by atoms with Gasteiger partial charge in [0.25, 0.3) is 0 Å². The second-order valence-electron chi connectivity index (χ2n) is 6.03. The maximum absolute atomic E-state index is 12.4. The Balaban J connectivity index is 1.50. The molecule has 1 aromatic carbocycles. The first-order valence-corrected chi connectivity index (χ1v) is 8.30. The van der Waals surface area contributed by atoms with Gasteiger partial charge in [0.15, 0.2) is 0 Å². The van der Waals surface area contributed by atoms with Crippen molar-refractivity contribution in [2.75, 3.05) is 6.54 Å². The van der Waals surface area contributed by atoms with Crippen molar-refractivity contribution >= 4 is 6.03 Å². The van der Waals surface area contributed by atoms with Crippen LogP contribution in [0.2, 0.25) is 0 Å². The van der Waals surface area contributed by atoms with Crippen LogP contribution in [0.3, 0.4) is 0 Å². The summed E-state index contributed by atoms with van der Waals surface area (Å²) in [4.78, 5) is 18.5. The molecule has 4 nitrogen and oxygen atoms in total. The van der Waals surface area contributed by atoms with Gasteiger partial charge in [-0.1, -0.05) is 36.4 Å². The molecule has 0 radical (unpaired) electrons. The number of urea groups is 1. The minimum Gasteiger partial charge on any atom is -0.334 e. The van der Waals surface area contributed by atoms with Crippen LogP contribution < -0.4 is 5.32 Å². The minimum atomic E-state index is 0.0458. The van der Waals surface area contributed by atoms with Gasteiger partial charge < -0.3 is 10.2 Å². The largest absolute Gasteiger partial charge is 0.334 e. The highest BCUT2D eigenvalue weighted by Gasteiger charge is 2.28. The van der Waals surface area contributed by atoms with E-state index in [0.717, 1.165) is 37.8 Å². The van der Waals surface area contributed by atoms with Crippen LogP contribution in [-0.2, 0) is 13.0 Å². The standard InChI is InChI=1S/C19H23N3O/c23-19(21-15-17-8-4-12-20-14-17)22-13-5-9-18(22)11-10-16-6-2-1-3-7-16/h1-4,6-8,12,14,18H,5,9-11,13,15H2,(H,21,23)/t18-/m1/s1. The summed E-state index contributed by atoms with van der Waals surface area (Å²) in [6.07, 6.45) is 7.79. The van der Waals surface area contributed by atoms with Crippen molar-refractivity contribution in [1.29, 1.82) is 0 Å². The van der Waals surface area contributed by atoms with E-state index in [0.29, 0.717) is 12.6 Å². The average molecular weight is 309 g/mol. The maximum atomic E-state index is 12.4. The van der Waals surface area contributed by atoms with Gasteiger partial charge in [-0.15, -0.1) is 0 Å². The Labute approximate surface area is 137 Å². The number of aromatic nitrogens is 1. The third-order valence-corrected chi connectivity index (χ3v) is 4.41. The number of carbonyl (C=O) groups excluding carboxylic acids is 1. The molecule has 3 rings (SSSR count). The number of carbonyl (C=O) groups is 1. The van der Waals surface area contributed by atoms with Crippen molar-refractivity contribution in [1.82, 2.24) is 15.2 Å². The predicted octanol–water partition coefficient (Wildman–Crippen LogP) is 3.39. The van der Waals surface area contributed by atoms with Gasteiger partial charge in [0.05, 0.1) is 0 Å². The van der Waals surface area contributed by atoms with E-state index < -0.39 is 0 Å². The molecule has 2 aromatic rings. The van der Waals surface area contributed by atoms with Crippen LogP contribution in [0.5, 0.6) is 0 Å². The normalized spacial score (nSPS) is 17.2. The van der Waals surface area contributed by atoms with E-state index in [1.54, 1.807) is 12.4 Å². The number of pyridine rings is 1. The van der Waals surface area contributed by atoms with Gasteiger partial charge in [0.1, 0.15) is 0 Å². The predicted molar refractivity (Wildman–Crippen MR) is 91.0 cm³/mol. The van der Waals surface area contributed by atoms with Crippen LogP contribution in [0, 0.1) is 0 Å². The molecule has 1 aliphatic heterocycles. The number of nitrogens with zero attached hydrogens (tertiary/aromatic N) is 2. The van der Waals surface area contributed by atoms with Crippen LogP contribution in [-0.4, -0.2) is 28.5 Å². The van der Waals surface area contributed by atoms with Gasteiger partial charge in [-0.2, -0.15) is 0 Å². The van der Waals surface area contributed by atoms with Crippen molar-refractivity contribution in [3.8, 4) is 0 Å². The zero-order valence-electron chi connectivity index (χ0n) is 13.3. The molecular weight excluding hydrogens is 286 g/mol. The van der Waals surface area contributed by atoms with Crippen LogP contribution in [0.25, 0.3) is 0 Å². The highest BCUT2D eigenvalue weighted by atomic mass is 16.2. The van der Waals surface area contributed by atoms with Gasteiger partial charge in [-0.25, -0.2) is 4.79 Å². The van der Waals surface area contributed by atoms with Gasteiger partial charge in [0.2, 0.25) is 0 Å².